The fourth-order valence-electron chi connectivity index (χ4n) is 3.51. The van der Waals surface area contributed by atoms with Crippen molar-refractivity contribution in [3.05, 3.63) is 35.6 Å². The zero-order valence-electron chi connectivity index (χ0n) is 11.8. The molecule has 0 spiro atoms. The third kappa shape index (κ3) is 2.69. The summed E-state index contributed by atoms with van der Waals surface area (Å²) in [5.74, 6) is 0.459. The van der Waals surface area contributed by atoms with Gasteiger partial charge in [0.25, 0.3) is 0 Å². The summed E-state index contributed by atoms with van der Waals surface area (Å²) in [6.45, 7) is 3.50. The molecule has 0 amide bonds. The minimum Gasteiger partial charge on any atom is -0.313 e. The Labute approximate surface area is 115 Å². The van der Waals surface area contributed by atoms with Crippen LogP contribution in [0.5, 0.6) is 0 Å². The lowest BCUT2D eigenvalue weighted by atomic mass is 9.66. The summed E-state index contributed by atoms with van der Waals surface area (Å²) in [4.78, 5) is 0. The molecule has 0 saturated heterocycles. The number of hydrogen-bond acceptors (Lipinski definition) is 1. The van der Waals surface area contributed by atoms with E-state index in [-0.39, 0.29) is 5.82 Å². The largest absolute Gasteiger partial charge is 0.313 e. The standard InChI is InChI=1S/C17H24FN/c1-2-17(7-4-8-17)12-19-16-10-14(11-16)13-5-3-6-15(18)9-13/h3,5-6,9,14,16,19H,2,4,7-8,10-12H2,1H3. The highest BCUT2D eigenvalue weighted by atomic mass is 19.1. The van der Waals surface area contributed by atoms with Crippen LogP contribution in [0.1, 0.15) is 56.9 Å². The van der Waals surface area contributed by atoms with E-state index in [1.807, 2.05) is 6.07 Å². The molecule has 1 nitrogen and oxygen atoms in total. The van der Waals surface area contributed by atoms with Gasteiger partial charge in [-0.1, -0.05) is 25.5 Å². The molecule has 1 aromatic rings. The number of rotatable bonds is 5. The zero-order valence-corrected chi connectivity index (χ0v) is 11.8. The fraction of sp³-hybridized carbons (Fsp3) is 0.647. The van der Waals surface area contributed by atoms with E-state index in [1.165, 1.54) is 56.7 Å². The molecular formula is C17H24FN. The minimum absolute atomic E-state index is 0.103. The number of benzene rings is 1. The van der Waals surface area contributed by atoms with Gasteiger partial charge in [-0.2, -0.15) is 0 Å². The first kappa shape index (κ1) is 13.1. The van der Waals surface area contributed by atoms with Gasteiger partial charge in [-0.3, -0.25) is 0 Å². The quantitative estimate of drug-likeness (QED) is 0.836. The van der Waals surface area contributed by atoms with Gasteiger partial charge < -0.3 is 5.32 Å². The van der Waals surface area contributed by atoms with E-state index in [0.717, 1.165) is 0 Å². The van der Waals surface area contributed by atoms with Gasteiger partial charge in [0.1, 0.15) is 5.82 Å². The van der Waals surface area contributed by atoms with E-state index in [1.54, 1.807) is 6.07 Å². The van der Waals surface area contributed by atoms with Gasteiger partial charge in [0.15, 0.2) is 0 Å². The van der Waals surface area contributed by atoms with Gasteiger partial charge in [-0.25, -0.2) is 4.39 Å². The third-order valence-electron chi connectivity index (χ3n) is 5.39. The molecule has 19 heavy (non-hydrogen) atoms. The van der Waals surface area contributed by atoms with Crippen LogP contribution in [0.4, 0.5) is 4.39 Å². The molecular weight excluding hydrogens is 237 g/mol. The number of halogens is 1. The Hall–Kier alpha value is -0.890. The topological polar surface area (TPSA) is 12.0 Å². The molecule has 2 aliphatic carbocycles. The molecule has 0 bridgehead atoms. The Morgan fingerprint density at radius 1 is 1.32 bits per heavy atom. The van der Waals surface area contributed by atoms with E-state index < -0.39 is 0 Å². The molecule has 0 atom stereocenters. The first-order chi connectivity index (χ1) is 9.21. The van der Waals surface area contributed by atoms with E-state index >= 15 is 0 Å². The van der Waals surface area contributed by atoms with Gasteiger partial charge in [0, 0.05) is 12.6 Å². The van der Waals surface area contributed by atoms with Crippen molar-refractivity contribution >= 4 is 0 Å². The molecule has 1 N–H and O–H groups in total. The van der Waals surface area contributed by atoms with Crippen molar-refractivity contribution in [2.75, 3.05) is 6.54 Å². The first-order valence-corrected chi connectivity index (χ1v) is 7.70. The number of nitrogens with one attached hydrogen (secondary N) is 1. The van der Waals surface area contributed by atoms with Crippen LogP contribution in [-0.2, 0) is 0 Å². The predicted octanol–water partition coefficient (Wildman–Crippen LogP) is 4.24. The third-order valence-corrected chi connectivity index (χ3v) is 5.39. The Morgan fingerprint density at radius 2 is 2.11 bits per heavy atom. The summed E-state index contributed by atoms with van der Waals surface area (Å²) in [5, 5.41) is 3.73. The lowest BCUT2D eigenvalue weighted by Crippen LogP contribution is -2.47. The molecule has 1 aromatic carbocycles. The smallest absolute Gasteiger partial charge is 0.123 e. The van der Waals surface area contributed by atoms with Crippen LogP contribution < -0.4 is 5.32 Å². The van der Waals surface area contributed by atoms with Gasteiger partial charge in [0.05, 0.1) is 0 Å². The fourth-order valence-corrected chi connectivity index (χ4v) is 3.51. The van der Waals surface area contributed by atoms with Crippen molar-refractivity contribution in [2.24, 2.45) is 5.41 Å². The maximum Gasteiger partial charge on any atom is 0.123 e. The normalized spacial score (nSPS) is 28.5. The molecule has 2 saturated carbocycles. The molecule has 0 aliphatic heterocycles. The van der Waals surface area contributed by atoms with Crippen LogP contribution >= 0.6 is 0 Å². The van der Waals surface area contributed by atoms with Crippen LogP contribution in [0.2, 0.25) is 0 Å². The molecule has 3 rings (SSSR count). The van der Waals surface area contributed by atoms with E-state index in [4.69, 9.17) is 0 Å². The highest BCUT2D eigenvalue weighted by Crippen LogP contribution is 2.44. The average Bonchev–Trinajstić information content (AvgIpc) is 2.30. The van der Waals surface area contributed by atoms with E-state index in [0.29, 0.717) is 17.4 Å². The SMILES string of the molecule is CCC1(CNC2CC(c3cccc(F)c3)C2)CCC1. The average molecular weight is 261 g/mol. The summed E-state index contributed by atoms with van der Waals surface area (Å²) in [5.41, 5.74) is 1.77. The Bertz CT molecular complexity index is 427. The highest BCUT2D eigenvalue weighted by molar-refractivity contribution is 5.23. The minimum atomic E-state index is -0.103. The summed E-state index contributed by atoms with van der Waals surface area (Å²) >= 11 is 0. The first-order valence-electron chi connectivity index (χ1n) is 7.70. The maximum atomic E-state index is 13.2. The van der Waals surface area contributed by atoms with Gasteiger partial charge in [-0.15, -0.1) is 0 Å². The second-order valence-electron chi connectivity index (χ2n) is 6.51. The zero-order chi connectivity index (χ0) is 13.3. The Kier molecular flexibility index (Phi) is 3.62. The van der Waals surface area contributed by atoms with Crippen LogP contribution in [0.15, 0.2) is 24.3 Å². The van der Waals surface area contributed by atoms with Crippen LogP contribution in [0.3, 0.4) is 0 Å². The molecule has 0 unspecified atom stereocenters. The van der Waals surface area contributed by atoms with Crippen LogP contribution in [0, 0.1) is 11.2 Å². The monoisotopic (exact) mass is 261 g/mol. The lowest BCUT2D eigenvalue weighted by Gasteiger charge is -2.45. The van der Waals surface area contributed by atoms with Crippen LogP contribution in [-0.4, -0.2) is 12.6 Å². The molecule has 0 heterocycles. The van der Waals surface area contributed by atoms with Crippen molar-refractivity contribution in [3.63, 3.8) is 0 Å². The Morgan fingerprint density at radius 3 is 2.68 bits per heavy atom. The predicted molar refractivity (Wildman–Crippen MR) is 76.7 cm³/mol. The molecule has 2 heteroatoms. The van der Waals surface area contributed by atoms with Gasteiger partial charge in [0.2, 0.25) is 0 Å². The van der Waals surface area contributed by atoms with E-state index in [9.17, 15) is 4.39 Å². The maximum absolute atomic E-state index is 13.2. The van der Waals surface area contributed by atoms with Crippen LogP contribution in [0.25, 0.3) is 0 Å². The second kappa shape index (κ2) is 5.24. The summed E-state index contributed by atoms with van der Waals surface area (Å²) in [6.07, 6.45) is 7.85. The van der Waals surface area contributed by atoms with Crippen molar-refractivity contribution in [3.8, 4) is 0 Å². The van der Waals surface area contributed by atoms with E-state index in [2.05, 4.69) is 18.3 Å². The summed E-state index contributed by atoms with van der Waals surface area (Å²) in [6, 6.07) is 7.76. The molecule has 2 aliphatic rings. The second-order valence-corrected chi connectivity index (χ2v) is 6.51. The van der Waals surface area contributed by atoms with Crippen molar-refractivity contribution in [1.29, 1.82) is 0 Å². The Balaban J connectivity index is 1.45. The lowest BCUT2D eigenvalue weighted by molar-refractivity contribution is 0.109. The summed E-state index contributed by atoms with van der Waals surface area (Å²) < 4.78 is 13.2. The molecule has 2 fully saturated rings. The van der Waals surface area contributed by atoms with Gasteiger partial charge in [-0.05, 0) is 61.1 Å². The van der Waals surface area contributed by atoms with Crippen molar-refractivity contribution in [1.82, 2.24) is 5.32 Å². The molecule has 0 aromatic heterocycles. The van der Waals surface area contributed by atoms with Crippen molar-refractivity contribution in [2.45, 2.75) is 57.4 Å². The summed E-state index contributed by atoms with van der Waals surface area (Å²) in [7, 11) is 0. The van der Waals surface area contributed by atoms with Crippen molar-refractivity contribution < 1.29 is 4.39 Å². The molecule has 104 valence electrons. The molecule has 0 radical (unpaired) electrons. The number of hydrogen-bond donors (Lipinski definition) is 1. The highest BCUT2D eigenvalue weighted by Gasteiger charge is 2.37. The van der Waals surface area contributed by atoms with Gasteiger partial charge >= 0.3 is 0 Å².